The molecule has 0 spiro atoms. The van der Waals surface area contributed by atoms with Gasteiger partial charge >= 0.3 is 0 Å². The second-order valence-corrected chi connectivity index (χ2v) is 7.55. The smallest absolute Gasteiger partial charge is 0.0826 e. The molecule has 0 aromatic rings. The van der Waals surface area contributed by atoms with Gasteiger partial charge in [0, 0.05) is 18.6 Å². The lowest BCUT2D eigenvalue weighted by Crippen LogP contribution is -2.47. The summed E-state index contributed by atoms with van der Waals surface area (Å²) in [6.07, 6.45) is 4.06. The fourth-order valence-electron chi connectivity index (χ4n) is 2.51. The first-order valence-corrected chi connectivity index (χ1v) is 7.14. The number of hydrogen-bond acceptors (Lipinski definition) is 3. The molecule has 3 heteroatoms. The van der Waals surface area contributed by atoms with Crippen molar-refractivity contribution in [1.29, 1.82) is 0 Å². The van der Waals surface area contributed by atoms with E-state index in [1.165, 1.54) is 0 Å². The Morgan fingerprint density at radius 2 is 1.94 bits per heavy atom. The zero-order chi connectivity index (χ0) is 14.0. The molecule has 3 atom stereocenters. The number of hydrogen-bond donors (Lipinski definition) is 2. The van der Waals surface area contributed by atoms with E-state index < -0.39 is 0 Å². The lowest BCUT2D eigenvalue weighted by molar-refractivity contribution is 0.127. The topological polar surface area (TPSA) is 50.4 Å². The Morgan fingerprint density at radius 3 is 2.39 bits per heavy atom. The minimum Gasteiger partial charge on any atom is -0.373 e. The highest BCUT2D eigenvalue weighted by molar-refractivity contribution is 5.55. The van der Waals surface area contributed by atoms with E-state index in [1.807, 2.05) is 6.34 Å². The third-order valence-corrected chi connectivity index (χ3v) is 4.64. The van der Waals surface area contributed by atoms with Crippen LogP contribution in [0.2, 0.25) is 0 Å². The maximum absolute atomic E-state index is 6.36. The molecular formula is C15H31N3. The number of nitrogens with two attached hydrogens (primary N) is 1. The van der Waals surface area contributed by atoms with Crippen LogP contribution < -0.4 is 11.1 Å². The molecule has 0 saturated carbocycles. The molecule has 3 nitrogen and oxygen atoms in total. The lowest BCUT2D eigenvalue weighted by Gasteiger charge is -2.42. The van der Waals surface area contributed by atoms with Crippen molar-refractivity contribution in [3.8, 4) is 0 Å². The third-order valence-electron chi connectivity index (χ3n) is 4.64. The standard InChI is InChI=1S/C15H31N3/c1-11(12-7-8-17-10-18-12)15(5,6)9-13(16)14(2,3)4/h10-13H,7-9,16H2,1-6H3,(H,17,18). The van der Waals surface area contributed by atoms with E-state index in [2.05, 4.69) is 51.9 Å². The van der Waals surface area contributed by atoms with Gasteiger partial charge in [-0.1, -0.05) is 41.5 Å². The number of aliphatic imine (C=N–C) groups is 1. The first-order chi connectivity index (χ1) is 8.14. The van der Waals surface area contributed by atoms with Gasteiger partial charge in [0.2, 0.25) is 0 Å². The van der Waals surface area contributed by atoms with E-state index in [0.29, 0.717) is 12.0 Å². The van der Waals surface area contributed by atoms with Gasteiger partial charge in [-0.25, -0.2) is 0 Å². The van der Waals surface area contributed by atoms with Gasteiger partial charge < -0.3 is 11.1 Å². The predicted molar refractivity (Wildman–Crippen MR) is 79.9 cm³/mol. The van der Waals surface area contributed by atoms with Crippen molar-refractivity contribution in [2.24, 2.45) is 27.5 Å². The number of nitrogens with one attached hydrogen (secondary N) is 1. The Kier molecular flexibility index (Phi) is 4.82. The molecule has 0 radical (unpaired) electrons. The predicted octanol–water partition coefficient (Wildman–Crippen LogP) is 2.80. The molecule has 3 N–H and O–H groups in total. The average Bonchev–Trinajstić information content (AvgIpc) is 2.27. The molecule has 0 aromatic carbocycles. The molecule has 0 saturated heterocycles. The summed E-state index contributed by atoms with van der Waals surface area (Å²) in [4.78, 5) is 4.23. The van der Waals surface area contributed by atoms with Crippen LogP contribution in [0.15, 0.2) is 4.99 Å². The van der Waals surface area contributed by atoms with Crippen LogP contribution in [0.25, 0.3) is 0 Å². The first-order valence-electron chi connectivity index (χ1n) is 7.14. The Bertz CT molecular complexity index is 289. The van der Waals surface area contributed by atoms with Gasteiger partial charge in [0.25, 0.3) is 0 Å². The van der Waals surface area contributed by atoms with Gasteiger partial charge in [0.05, 0.1) is 6.34 Å². The van der Waals surface area contributed by atoms with Crippen LogP contribution >= 0.6 is 0 Å². The molecule has 106 valence electrons. The van der Waals surface area contributed by atoms with Crippen LogP contribution in [0.1, 0.15) is 54.4 Å². The summed E-state index contributed by atoms with van der Waals surface area (Å²) in [6.45, 7) is 14.7. The number of nitrogens with zero attached hydrogens (tertiary/aromatic N) is 1. The third kappa shape index (κ3) is 3.98. The van der Waals surface area contributed by atoms with Crippen molar-refractivity contribution in [2.75, 3.05) is 6.54 Å². The Balaban J connectivity index is 2.64. The minimum absolute atomic E-state index is 0.179. The molecule has 0 fully saturated rings. The van der Waals surface area contributed by atoms with Crippen LogP contribution in [0.5, 0.6) is 0 Å². The van der Waals surface area contributed by atoms with Crippen molar-refractivity contribution in [3.05, 3.63) is 0 Å². The zero-order valence-corrected chi connectivity index (χ0v) is 13.0. The normalized spacial score (nSPS) is 24.5. The Morgan fingerprint density at radius 1 is 1.33 bits per heavy atom. The second-order valence-electron chi connectivity index (χ2n) is 7.55. The van der Waals surface area contributed by atoms with Crippen LogP contribution in [0.4, 0.5) is 0 Å². The first kappa shape index (κ1) is 15.5. The second kappa shape index (κ2) is 5.60. The molecule has 1 aliphatic rings. The lowest BCUT2D eigenvalue weighted by atomic mass is 9.68. The summed E-state index contributed by atoms with van der Waals surface area (Å²) in [5.74, 6) is 0.595. The maximum Gasteiger partial charge on any atom is 0.0826 e. The average molecular weight is 253 g/mol. The molecule has 0 aromatic heterocycles. The highest BCUT2D eigenvalue weighted by Gasteiger charge is 2.36. The highest BCUT2D eigenvalue weighted by atomic mass is 15.0. The van der Waals surface area contributed by atoms with Crippen molar-refractivity contribution in [3.63, 3.8) is 0 Å². The highest BCUT2D eigenvalue weighted by Crippen LogP contribution is 2.38. The molecule has 1 aliphatic heterocycles. The van der Waals surface area contributed by atoms with Crippen molar-refractivity contribution >= 4 is 6.34 Å². The van der Waals surface area contributed by atoms with E-state index >= 15 is 0 Å². The van der Waals surface area contributed by atoms with Gasteiger partial charge in [0.1, 0.15) is 0 Å². The molecule has 18 heavy (non-hydrogen) atoms. The summed E-state index contributed by atoms with van der Waals surface area (Å²) in [7, 11) is 0. The van der Waals surface area contributed by atoms with Crippen LogP contribution in [0.3, 0.4) is 0 Å². The van der Waals surface area contributed by atoms with Crippen molar-refractivity contribution < 1.29 is 0 Å². The van der Waals surface area contributed by atoms with Crippen molar-refractivity contribution in [2.45, 2.75) is 66.5 Å². The van der Waals surface area contributed by atoms with E-state index in [-0.39, 0.29) is 16.9 Å². The zero-order valence-electron chi connectivity index (χ0n) is 13.0. The van der Waals surface area contributed by atoms with Crippen LogP contribution in [-0.4, -0.2) is 25.0 Å². The summed E-state index contributed by atoms with van der Waals surface area (Å²) in [6, 6.07) is 0.775. The summed E-state index contributed by atoms with van der Waals surface area (Å²) in [5, 5.41) is 3.40. The molecule has 0 aliphatic carbocycles. The van der Waals surface area contributed by atoms with Gasteiger partial charge in [-0.15, -0.1) is 0 Å². The molecule has 0 amide bonds. The maximum atomic E-state index is 6.36. The molecule has 3 unspecified atom stereocenters. The fourth-order valence-corrected chi connectivity index (χ4v) is 2.51. The molecular weight excluding hydrogens is 222 g/mol. The quantitative estimate of drug-likeness (QED) is 0.809. The van der Waals surface area contributed by atoms with E-state index in [9.17, 15) is 0 Å². The molecule has 1 rings (SSSR count). The molecule has 1 heterocycles. The van der Waals surface area contributed by atoms with Gasteiger partial charge in [-0.2, -0.15) is 0 Å². The molecule has 0 bridgehead atoms. The largest absolute Gasteiger partial charge is 0.373 e. The Labute approximate surface area is 113 Å². The number of rotatable bonds is 4. The summed E-state index contributed by atoms with van der Waals surface area (Å²) < 4.78 is 0. The van der Waals surface area contributed by atoms with E-state index in [0.717, 1.165) is 19.4 Å². The van der Waals surface area contributed by atoms with Gasteiger partial charge in [0.15, 0.2) is 0 Å². The van der Waals surface area contributed by atoms with Crippen LogP contribution in [0, 0.1) is 16.7 Å². The van der Waals surface area contributed by atoms with Gasteiger partial charge in [-0.3, -0.25) is 4.99 Å². The fraction of sp³-hybridized carbons (Fsp3) is 0.933. The van der Waals surface area contributed by atoms with Crippen molar-refractivity contribution in [1.82, 2.24) is 5.32 Å². The SMILES string of the molecule is CC(C1CCN=CN1)C(C)(C)CC(N)C(C)(C)C. The van der Waals surface area contributed by atoms with Crippen LogP contribution in [-0.2, 0) is 0 Å². The summed E-state index contributed by atoms with van der Waals surface area (Å²) in [5.41, 5.74) is 6.78. The monoisotopic (exact) mass is 253 g/mol. The van der Waals surface area contributed by atoms with E-state index in [4.69, 9.17) is 5.73 Å². The minimum atomic E-state index is 0.179. The van der Waals surface area contributed by atoms with E-state index in [1.54, 1.807) is 0 Å². The van der Waals surface area contributed by atoms with Gasteiger partial charge in [-0.05, 0) is 29.6 Å². The summed E-state index contributed by atoms with van der Waals surface area (Å²) >= 11 is 0. The Hall–Kier alpha value is -0.570.